The number of benzene rings is 9. The lowest BCUT2D eigenvalue weighted by Gasteiger charge is -2.17. The minimum absolute atomic E-state index is 0.611. The van der Waals surface area contributed by atoms with Gasteiger partial charge in [0.25, 0.3) is 0 Å². The molecule has 0 aliphatic carbocycles. The molecule has 9 aromatic carbocycles. The second kappa shape index (κ2) is 17.8. The van der Waals surface area contributed by atoms with Crippen molar-refractivity contribution in [3.05, 3.63) is 243 Å². The van der Waals surface area contributed by atoms with Crippen LogP contribution in [0.1, 0.15) is 0 Å². The van der Waals surface area contributed by atoms with E-state index in [0.29, 0.717) is 5.89 Å². The minimum atomic E-state index is 0.611. The van der Waals surface area contributed by atoms with Gasteiger partial charge >= 0.3 is 0 Å². The summed E-state index contributed by atoms with van der Waals surface area (Å²) in [7, 11) is 0. The van der Waals surface area contributed by atoms with Crippen LogP contribution in [-0.2, 0) is 0 Å². The molecule has 4 heterocycles. The zero-order valence-corrected chi connectivity index (χ0v) is 39.3. The van der Waals surface area contributed by atoms with E-state index >= 15 is 0 Å². The van der Waals surface area contributed by atoms with Crippen molar-refractivity contribution in [2.75, 3.05) is 0 Å². The molecule has 0 aliphatic rings. The van der Waals surface area contributed by atoms with Crippen LogP contribution in [-0.4, -0.2) is 9.97 Å². The van der Waals surface area contributed by atoms with Crippen LogP contribution in [0.25, 0.3) is 131 Å². The Hall–Kier alpha value is -8.68. The van der Waals surface area contributed by atoms with E-state index in [1.54, 1.807) is 35.2 Å². The molecule has 0 unspecified atom stereocenters. The summed E-state index contributed by atoms with van der Waals surface area (Å²) in [5, 5.41) is 4.70. The highest BCUT2D eigenvalue weighted by atomic mass is 32.1. The van der Waals surface area contributed by atoms with Crippen molar-refractivity contribution in [1.82, 2.24) is 9.97 Å². The van der Waals surface area contributed by atoms with Gasteiger partial charge in [-0.1, -0.05) is 206 Å². The topological polar surface area (TPSA) is 52.1 Å². The lowest BCUT2D eigenvalue weighted by atomic mass is 9.88. The molecule has 330 valence electrons. The van der Waals surface area contributed by atoms with E-state index in [2.05, 4.69) is 199 Å². The van der Waals surface area contributed by atoms with E-state index in [1.165, 1.54) is 71.4 Å². The largest absolute Gasteiger partial charge is 0.451 e. The Morgan fingerprint density at radius 2 is 0.729 bits per heavy atom. The number of hydrogen-bond donors (Lipinski definition) is 0. The molecule has 0 fully saturated rings. The van der Waals surface area contributed by atoms with Gasteiger partial charge in [0.2, 0.25) is 5.89 Å². The van der Waals surface area contributed by atoms with Gasteiger partial charge < -0.3 is 8.83 Å². The zero-order chi connectivity index (χ0) is 46.4. The van der Waals surface area contributed by atoms with Crippen LogP contribution < -0.4 is 0 Å². The van der Waals surface area contributed by atoms with Crippen LogP contribution in [0, 0.1) is 0 Å². The number of rotatable bonds is 10. The van der Waals surface area contributed by atoms with Crippen LogP contribution in [0.3, 0.4) is 0 Å². The second-order valence-corrected chi connectivity index (χ2v) is 19.3. The van der Waals surface area contributed by atoms with Gasteiger partial charge in [0.05, 0.1) is 9.75 Å². The third-order valence-electron chi connectivity index (χ3n) is 13.1. The van der Waals surface area contributed by atoms with Crippen LogP contribution in [0.4, 0.5) is 0 Å². The van der Waals surface area contributed by atoms with Crippen LogP contribution in [0.15, 0.2) is 252 Å². The summed E-state index contributed by atoms with van der Waals surface area (Å²) in [4.78, 5) is 14.2. The first kappa shape index (κ1) is 41.5. The Labute approximate surface area is 413 Å². The molecule has 0 amide bonds. The third kappa shape index (κ3) is 7.38. The number of nitrogens with zero attached hydrogens (tertiary/aromatic N) is 2. The van der Waals surface area contributed by atoms with E-state index < -0.39 is 0 Å². The van der Waals surface area contributed by atoms with Gasteiger partial charge in [-0.25, -0.2) is 9.97 Å². The number of fused-ring (bicyclic) bond motifs is 2. The van der Waals surface area contributed by atoms with Crippen molar-refractivity contribution in [2.24, 2.45) is 0 Å². The molecule has 0 saturated heterocycles. The monoisotopic (exact) mass is 932 g/mol. The van der Waals surface area contributed by atoms with E-state index in [1.807, 2.05) is 30.3 Å². The molecule has 0 radical (unpaired) electrons. The third-order valence-corrected chi connectivity index (χ3v) is 15.6. The normalized spacial score (nSPS) is 11.4. The Bertz CT molecular complexity index is 3980. The molecule has 13 aromatic rings. The summed E-state index contributed by atoms with van der Waals surface area (Å²) in [5.41, 5.74) is 16.6. The lowest BCUT2D eigenvalue weighted by Crippen LogP contribution is -1.91. The standard InChI is InChI=1S/C64H40N2O2S2/c1-4-17-42(18-5-1)48-29-15-31-50(58(48)62-54-27-12-10-25-52(54)60(69-62)56-38-67-40-65-56)44-35-33-41(34-36-44)46-23-14-24-47(37-46)51-32-16-30-49(43-19-6-2-7-20-43)59(51)63-55-28-13-11-26-53(55)61(70-63)57-39-68-64(66-57)45-21-8-3-9-22-45/h1-40H. The molecule has 70 heavy (non-hydrogen) atoms. The first-order valence-electron chi connectivity index (χ1n) is 23.3. The number of thiophene rings is 2. The first-order valence-corrected chi connectivity index (χ1v) is 24.9. The predicted octanol–water partition coefficient (Wildman–Crippen LogP) is 18.8. The maximum absolute atomic E-state index is 6.11. The number of oxazole rings is 2. The maximum Gasteiger partial charge on any atom is 0.226 e. The molecule has 4 aromatic heterocycles. The van der Waals surface area contributed by atoms with Crippen molar-refractivity contribution in [1.29, 1.82) is 0 Å². The van der Waals surface area contributed by atoms with Crippen molar-refractivity contribution in [3.8, 4) is 109 Å². The van der Waals surface area contributed by atoms with Gasteiger partial charge in [-0.05, 0) is 73.8 Å². The van der Waals surface area contributed by atoms with Crippen molar-refractivity contribution in [2.45, 2.75) is 0 Å². The van der Waals surface area contributed by atoms with Gasteiger partial charge in [0, 0.05) is 48.0 Å². The second-order valence-electron chi connectivity index (χ2n) is 17.2. The average Bonchev–Trinajstić information content (AvgIpc) is 4.28. The molecular formula is C64H40N2O2S2. The summed E-state index contributed by atoms with van der Waals surface area (Å²) in [6, 6.07) is 80.3. The van der Waals surface area contributed by atoms with Gasteiger partial charge in [-0.2, -0.15) is 0 Å². The van der Waals surface area contributed by atoms with E-state index in [9.17, 15) is 0 Å². The minimum Gasteiger partial charge on any atom is -0.451 e. The summed E-state index contributed by atoms with van der Waals surface area (Å²) in [5.74, 6) is 0.611. The highest BCUT2D eigenvalue weighted by Gasteiger charge is 2.24. The molecule has 0 aliphatic heterocycles. The Morgan fingerprint density at radius 1 is 0.314 bits per heavy atom. The van der Waals surface area contributed by atoms with Crippen molar-refractivity contribution in [3.63, 3.8) is 0 Å². The Balaban J connectivity index is 0.926. The van der Waals surface area contributed by atoms with Crippen LogP contribution in [0.5, 0.6) is 0 Å². The molecule has 0 saturated carbocycles. The van der Waals surface area contributed by atoms with E-state index in [0.717, 1.165) is 59.7 Å². The summed E-state index contributed by atoms with van der Waals surface area (Å²) >= 11 is 3.55. The fraction of sp³-hybridized carbons (Fsp3) is 0. The lowest BCUT2D eigenvalue weighted by molar-refractivity contribution is 0.558. The Morgan fingerprint density at radius 3 is 1.26 bits per heavy atom. The summed E-state index contributed by atoms with van der Waals surface area (Å²) < 4.78 is 11.6. The SMILES string of the molecule is c1ccc(-c2nc(-c3sc(-c4c(-c5ccccc5)cccc4-c4cccc(-c5ccc(-c6cccc(-c7ccccc7)c6-c6sc(-c7cocn7)c7ccccc67)cc5)c4)c4ccccc34)co2)cc1. The molecule has 0 bridgehead atoms. The van der Waals surface area contributed by atoms with Gasteiger partial charge in [0.1, 0.15) is 23.9 Å². The van der Waals surface area contributed by atoms with Gasteiger partial charge in [0.15, 0.2) is 6.39 Å². The van der Waals surface area contributed by atoms with Crippen molar-refractivity contribution < 1.29 is 8.83 Å². The molecular weight excluding hydrogens is 893 g/mol. The molecule has 4 nitrogen and oxygen atoms in total. The highest BCUT2D eigenvalue weighted by Crippen LogP contribution is 2.52. The average molecular weight is 933 g/mol. The first-order chi connectivity index (χ1) is 34.7. The molecule has 13 rings (SSSR count). The number of hydrogen-bond acceptors (Lipinski definition) is 6. The fourth-order valence-corrected chi connectivity index (χ4v) is 12.5. The molecule has 0 atom stereocenters. The predicted molar refractivity (Wildman–Crippen MR) is 292 cm³/mol. The van der Waals surface area contributed by atoms with Crippen molar-refractivity contribution >= 4 is 44.2 Å². The number of aromatic nitrogens is 2. The zero-order valence-electron chi connectivity index (χ0n) is 37.6. The van der Waals surface area contributed by atoms with E-state index in [4.69, 9.17) is 13.8 Å². The van der Waals surface area contributed by atoms with Gasteiger partial charge in [-0.15, -0.1) is 22.7 Å². The molecule has 0 N–H and O–H groups in total. The van der Waals surface area contributed by atoms with E-state index in [-0.39, 0.29) is 0 Å². The molecule has 0 spiro atoms. The van der Waals surface area contributed by atoms with Crippen LogP contribution in [0.2, 0.25) is 0 Å². The quantitative estimate of drug-likeness (QED) is 0.137. The van der Waals surface area contributed by atoms with Crippen LogP contribution >= 0.6 is 22.7 Å². The summed E-state index contributed by atoms with van der Waals surface area (Å²) in [6.45, 7) is 0. The fourth-order valence-electron chi connectivity index (χ4n) is 9.85. The smallest absolute Gasteiger partial charge is 0.226 e. The highest BCUT2D eigenvalue weighted by molar-refractivity contribution is 7.21. The summed E-state index contributed by atoms with van der Waals surface area (Å²) in [6.07, 6.45) is 5.04. The Kier molecular flexibility index (Phi) is 10.5. The maximum atomic E-state index is 6.11. The molecule has 6 heteroatoms. The van der Waals surface area contributed by atoms with Gasteiger partial charge in [-0.3, -0.25) is 0 Å².